The maximum Gasteiger partial charge on any atom is 0.228 e. The molecule has 3 nitrogen and oxygen atoms in total. The quantitative estimate of drug-likeness (QED) is 0.573. The molecule has 0 radical (unpaired) electrons. The highest BCUT2D eigenvalue weighted by atomic mass is 16.1. The molecule has 4 aromatic rings. The number of carbonyl (C=O) groups is 1. The lowest BCUT2D eigenvalue weighted by molar-refractivity contribution is -0.115. The molecule has 0 unspecified atom stereocenters. The van der Waals surface area contributed by atoms with Crippen molar-refractivity contribution in [2.24, 2.45) is 0 Å². The Hall–Kier alpha value is -3.33. The number of nitrogens with one attached hydrogen (secondary N) is 1. The second kappa shape index (κ2) is 6.65. The van der Waals surface area contributed by atoms with Crippen molar-refractivity contribution in [3.63, 3.8) is 0 Å². The molecule has 0 saturated heterocycles. The van der Waals surface area contributed by atoms with Crippen molar-refractivity contribution in [2.45, 2.75) is 6.42 Å². The van der Waals surface area contributed by atoms with Crippen LogP contribution in [-0.2, 0) is 11.2 Å². The van der Waals surface area contributed by atoms with Gasteiger partial charge in [-0.1, -0.05) is 48.5 Å². The number of amides is 1. The summed E-state index contributed by atoms with van der Waals surface area (Å²) in [6.45, 7) is 0. The summed E-state index contributed by atoms with van der Waals surface area (Å²) in [4.78, 5) is 12.4. The first-order valence-corrected chi connectivity index (χ1v) is 8.29. The fourth-order valence-corrected chi connectivity index (χ4v) is 3.01. The molecule has 0 aliphatic rings. The molecule has 25 heavy (non-hydrogen) atoms. The van der Waals surface area contributed by atoms with Crippen molar-refractivity contribution < 1.29 is 4.79 Å². The van der Waals surface area contributed by atoms with Crippen molar-refractivity contribution in [3.8, 4) is 5.69 Å². The van der Waals surface area contributed by atoms with Gasteiger partial charge < -0.3 is 9.88 Å². The van der Waals surface area contributed by atoms with E-state index in [2.05, 4.69) is 5.32 Å². The van der Waals surface area contributed by atoms with Gasteiger partial charge in [-0.3, -0.25) is 4.79 Å². The van der Waals surface area contributed by atoms with Crippen molar-refractivity contribution in [2.75, 3.05) is 5.32 Å². The Morgan fingerprint density at radius 1 is 0.800 bits per heavy atom. The molecule has 3 aromatic carbocycles. The third-order valence-corrected chi connectivity index (χ3v) is 4.27. The van der Waals surface area contributed by atoms with E-state index in [-0.39, 0.29) is 5.91 Å². The van der Waals surface area contributed by atoms with E-state index in [4.69, 9.17) is 0 Å². The van der Waals surface area contributed by atoms with Crippen LogP contribution in [0.25, 0.3) is 16.5 Å². The van der Waals surface area contributed by atoms with Gasteiger partial charge in [0.2, 0.25) is 5.91 Å². The zero-order valence-electron chi connectivity index (χ0n) is 13.7. The fraction of sp³-hybridized carbons (Fsp3) is 0.0455. The number of carbonyl (C=O) groups excluding carboxylic acids is 1. The van der Waals surface area contributed by atoms with Crippen LogP contribution in [0.2, 0.25) is 0 Å². The normalized spacial score (nSPS) is 10.7. The lowest BCUT2D eigenvalue weighted by Gasteiger charge is -2.09. The smallest absolute Gasteiger partial charge is 0.228 e. The summed E-state index contributed by atoms with van der Waals surface area (Å²) in [5.74, 6) is -0.00920. The van der Waals surface area contributed by atoms with E-state index >= 15 is 0 Å². The second-order valence-corrected chi connectivity index (χ2v) is 6.01. The molecule has 0 atom stereocenters. The van der Waals surface area contributed by atoms with E-state index in [1.54, 1.807) is 0 Å². The Labute approximate surface area is 146 Å². The van der Waals surface area contributed by atoms with Crippen LogP contribution in [0.15, 0.2) is 91.3 Å². The van der Waals surface area contributed by atoms with E-state index in [9.17, 15) is 4.79 Å². The molecule has 3 heteroatoms. The number of anilines is 1. The summed E-state index contributed by atoms with van der Waals surface area (Å²) in [6.07, 6.45) is 4.36. The Balaban J connectivity index is 1.48. The zero-order chi connectivity index (χ0) is 17.1. The molecule has 1 amide bonds. The van der Waals surface area contributed by atoms with Gasteiger partial charge in [-0.2, -0.15) is 0 Å². The van der Waals surface area contributed by atoms with E-state index in [0.717, 1.165) is 27.7 Å². The Morgan fingerprint density at radius 3 is 2.32 bits per heavy atom. The van der Waals surface area contributed by atoms with Crippen molar-refractivity contribution in [1.82, 2.24) is 4.57 Å². The number of nitrogens with zero attached hydrogens (tertiary/aromatic N) is 1. The largest absolute Gasteiger partial charge is 0.325 e. The van der Waals surface area contributed by atoms with Crippen molar-refractivity contribution in [1.29, 1.82) is 0 Å². The monoisotopic (exact) mass is 326 g/mol. The summed E-state index contributed by atoms with van der Waals surface area (Å²) in [7, 11) is 0. The summed E-state index contributed by atoms with van der Waals surface area (Å²) in [5, 5.41) is 5.21. The van der Waals surface area contributed by atoms with E-state index in [1.165, 1.54) is 0 Å². The predicted octanol–water partition coefficient (Wildman–Crippen LogP) is 4.81. The summed E-state index contributed by atoms with van der Waals surface area (Å²) < 4.78 is 2.04. The molecule has 122 valence electrons. The Morgan fingerprint density at radius 2 is 1.52 bits per heavy atom. The van der Waals surface area contributed by atoms with Gasteiger partial charge in [0.05, 0.1) is 6.42 Å². The zero-order valence-corrected chi connectivity index (χ0v) is 13.7. The molecule has 0 aliphatic carbocycles. The minimum Gasteiger partial charge on any atom is -0.325 e. The van der Waals surface area contributed by atoms with Gasteiger partial charge in [0.25, 0.3) is 0 Å². The van der Waals surface area contributed by atoms with Crippen molar-refractivity contribution >= 4 is 22.4 Å². The van der Waals surface area contributed by atoms with Crippen LogP contribution >= 0.6 is 0 Å². The molecule has 4 rings (SSSR count). The van der Waals surface area contributed by atoms with Crippen LogP contribution in [0.1, 0.15) is 5.56 Å². The van der Waals surface area contributed by atoms with Gasteiger partial charge in [0, 0.05) is 29.2 Å². The average molecular weight is 326 g/mol. The van der Waals surface area contributed by atoms with Crippen LogP contribution in [0.4, 0.5) is 5.69 Å². The molecule has 0 aliphatic heterocycles. The predicted molar refractivity (Wildman–Crippen MR) is 102 cm³/mol. The number of hydrogen-bond acceptors (Lipinski definition) is 1. The third-order valence-electron chi connectivity index (χ3n) is 4.27. The molecule has 0 saturated carbocycles. The number of benzene rings is 3. The van der Waals surface area contributed by atoms with Gasteiger partial charge in [-0.25, -0.2) is 0 Å². The Bertz CT molecular complexity index is 997. The minimum atomic E-state index is -0.00920. The highest BCUT2D eigenvalue weighted by Gasteiger charge is 2.07. The molecule has 0 spiro atoms. The number of rotatable bonds is 4. The number of hydrogen-bond donors (Lipinski definition) is 1. The molecule has 0 bridgehead atoms. The Kier molecular flexibility index (Phi) is 4.05. The molecule has 0 fully saturated rings. The molecule has 1 N–H and O–H groups in total. The standard InChI is InChI=1S/C22H18N2O/c25-22(23-21-9-5-7-18-6-1-2-8-20(18)21)16-17-10-12-19(13-11-17)24-14-3-4-15-24/h1-15H,16H2,(H,23,25). The summed E-state index contributed by atoms with van der Waals surface area (Å²) in [6, 6.07) is 26.0. The van der Waals surface area contributed by atoms with Gasteiger partial charge in [0.15, 0.2) is 0 Å². The minimum absolute atomic E-state index is 0.00920. The SMILES string of the molecule is O=C(Cc1ccc(-n2cccc2)cc1)Nc1cccc2ccccc12. The van der Waals surface area contributed by atoms with Gasteiger partial charge in [-0.15, -0.1) is 0 Å². The summed E-state index contributed by atoms with van der Waals surface area (Å²) >= 11 is 0. The third kappa shape index (κ3) is 3.31. The fourth-order valence-electron chi connectivity index (χ4n) is 3.01. The van der Waals surface area contributed by atoms with Crippen molar-refractivity contribution in [3.05, 3.63) is 96.8 Å². The lowest BCUT2D eigenvalue weighted by atomic mass is 10.1. The lowest BCUT2D eigenvalue weighted by Crippen LogP contribution is -2.14. The molecular weight excluding hydrogens is 308 g/mol. The van der Waals surface area contributed by atoms with Crippen LogP contribution in [0, 0.1) is 0 Å². The first-order valence-electron chi connectivity index (χ1n) is 8.29. The first kappa shape index (κ1) is 15.2. The van der Waals surface area contributed by atoms with Gasteiger partial charge >= 0.3 is 0 Å². The maximum atomic E-state index is 12.4. The van der Waals surface area contributed by atoms with Crippen LogP contribution < -0.4 is 5.32 Å². The molecular formula is C22H18N2O. The maximum absolute atomic E-state index is 12.4. The highest BCUT2D eigenvalue weighted by molar-refractivity contribution is 6.02. The second-order valence-electron chi connectivity index (χ2n) is 6.01. The number of aromatic nitrogens is 1. The van der Waals surface area contributed by atoms with Crippen LogP contribution in [0.3, 0.4) is 0 Å². The van der Waals surface area contributed by atoms with Crippen LogP contribution in [-0.4, -0.2) is 10.5 Å². The van der Waals surface area contributed by atoms with E-state index < -0.39 is 0 Å². The average Bonchev–Trinajstić information content (AvgIpc) is 3.17. The first-order chi connectivity index (χ1) is 12.3. The highest BCUT2D eigenvalue weighted by Crippen LogP contribution is 2.23. The van der Waals surface area contributed by atoms with E-state index in [0.29, 0.717) is 6.42 Å². The summed E-state index contributed by atoms with van der Waals surface area (Å²) in [5.41, 5.74) is 2.93. The topological polar surface area (TPSA) is 34.0 Å². The van der Waals surface area contributed by atoms with E-state index in [1.807, 2.05) is 95.8 Å². The molecule has 1 aromatic heterocycles. The number of fused-ring (bicyclic) bond motifs is 1. The van der Waals surface area contributed by atoms with Gasteiger partial charge in [-0.05, 0) is 41.3 Å². The molecule has 1 heterocycles. The van der Waals surface area contributed by atoms with Gasteiger partial charge in [0.1, 0.15) is 0 Å². The van der Waals surface area contributed by atoms with Crippen LogP contribution in [0.5, 0.6) is 0 Å².